The maximum atomic E-state index is 13.5. The lowest BCUT2D eigenvalue weighted by molar-refractivity contribution is 0.461. The fourth-order valence-electron chi connectivity index (χ4n) is 4.12. The van der Waals surface area contributed by atoms with Crippen molar-refractivity contribution >= 4 is 52.1 Å². The second kappa shape index (κ2) is 11.8. The lowest BCUT2D eigenvalue weighted by Crippen LogP contribution is -2.49. The van der Waals surface area contributed by atoms with E-state index in [-0.39, 0.29) is 29.8 Å². The molecule has 0 amide bonds. The summed E-state index contributed by atoms with van der Waals surface area (Å²) in [6.45, 7) is 4.91. The molecule has 0 atom stereocenters. The number of hydrogen-bond donors (Lipinski definition) is 2. The average Bonchev–Trinajstić information content (AvgIpc) is 3.45. The van der Waals surface area contributed by atoms with Gasteiger partial charge in [0.05, 0.1) is 5.69 Å². The summed E-state index contributed by atoms with van der Waals surface area (Å²) in [5, 5.41) is 10.3. The number of aliphatic imine (C=N–C) groups is 1. The van der Waals surface area contributed by atoms with Crippen LogP contribution in [0.3, 0.4) is 0 Å². The van der Waals surface area contributed by atoms with Crippen molar-refractivity contribution in [1.29, 1.82) is 0 Å². The van der Waals surface area contributed by atoms with Crippen molar-refractivity contribution < 1.29 is 4.39 Å². The standard InChI is InChI=1S/C22H31FN6S.HI/c1-24-21(25-10-7-19-16-30-22(27-19)29-11-2-3-12-29)26-18-8-13-28(14-9-18)20-6-4-5-17(23)15-20;/h4-6,15-16,18H,2-3,7-14H2,1H3,(H2,24,25,26);1H. The highest BCUT2D eigenvalue weighted by Gasteiger charge is 2.20. The molecule has 170 valence electrons. The first kappa shape index (κ1) is 24.0. The Morgan fingerprint density at radius 1 is 1.19 bits per heavy atom. The van der Waals surface area contributed by atoms with E-state index >= 15 is 0 Å². The zero-order valence-corrected chi connectivity index (χ0v) is 21.2. The number of benzene rings is 1. The summed E-state index contributed by atoms with van der Waals surface area (Å²) in [6, 6.07) is 7.23. The fraction of sp³-hybridized carbons (Fsp3) is 0.545. The first-order chi connectivity index (χ1) is 14.7. The van der Waals surface area contributed by atoms with Gasteiger partial charge in [-0.3, -0.25) is 4.99 Å². The Morgan fingerprint density at radius 2 is 1.97 bits per heavy atom. The van der Waals surface area contributed by atoms with Crippen molar-refractivity contribution in [3.05, 3.63) is 41.2 Å². The molecule has 2 N–H and O–H groups in total. The van der Waals surface area contributed by atoms with Crippen molar-refractivity contribution in [2.45, 2.75) is 38.1 Å². The normalized spacial score (nSPS) is 17.5. The number of rotatable bonds is 6. The molecule has 0 spiro atoms. The molecule has 0 unspecified atom stereocenters. The highest BCUT2D eigenvalue weighted by atomic mass is 127. The Kier molecular flexibility index (Phi) is 9.18. The largest absolute Gasteiger partial charge is 0.371 e. The molecule has 0 aliphatic carbocycles. The topological polar surface area (TPSA) is 55.8 Å². The van der Waals surface area contributed by atoms with Crippen LogP contribution in [-0.2, 0) is 6.42 Å². The van der Waals surface area contributed by atoms with Crippen molar-refractivity contribution in [2.75, 3.05) is 49.6 Å². The molecule has 0 radical (unpaired) electrons. The Balaban J connectivity index is 0.00000272. The van der Waals surface area contributed by atoms with Gasteiger partial charge in [-0.05, 0) is 43.9 Å². The molecular formula is C22H32FIN6S. The van der Waals surface area contributed by atoms with Crippen molar-refractivity contribution in [3.63, 3.8) is 0 Å². The van der Waals surface area contributed by atoms with E-state index in [1.807, 2.05) is 13.1 Å². The maximum Gasteiger partial charge on any atom is 0.191 e. The molecule has 3 heterocycles. The van der Waals surface area contributed by atoms with Gasteiger partial charge in [-0.15, -0.1) is 35.3 Å². The van der Waals surface area contributed by atoms with E-state index in [2.05, 4.69) is 30.8 Å². The van der Waals surface area contributed by atoms with Crippen LogP contribution >= 0.6 is 35.3 Å². The van der Waals surface area contributed by atoms with Gasteiger partial charge in [-0.1, -0.05) is 6.07 Å². The molecule has 6 nitrogen and oxygen atoms in total. The van der Waals surface area contributed by atoms with Crippen molar-refractivity contribution in [2.24, 2.45) is 4.99 Å². The zero-order valence-electron chi connectivity index (χ0n) is 18.0. The fourth-order valence-corrected chi connectivity index (χ4v) is 5.03. The first-order valence-electron chi connectivity index (χ1n) is 10.9. The quantitative estimate of drug-likeness (QED) is 0.321. The van der Waals surface area contributed by atoms with Gasteiger partial charge in [0, 0.05) is 63.3 Å². The van der Waals surface area contributed by atoms with Crippen LogP contribution in [0, 0.1) is 5.82 Å². The SMILES string of the molecule is CN=C(NCCc1csc(N2CCCC2)n1)NC1CCN(c2cccc(F)c2)CC1.I. The highest BCUT2D eigenvalue weighted by molar-refractivity contribution is 14.0. The minimum absolute atomic E-state index is 0. The molecule has 2 aliphatic heterocycles. The Morgan fingerprint density at radius 3 is 2.68 bits per heavy atom. The molecule has 1 aromatic carbocycles. The highest BCUT2D eigenvalue weighted by Crippen LogP contribution is 2.24. The summed E-state index contributed by atoms with van der Waals surface area (Å²) in [7, 11) is 1.81. The zero-order chi connectivity index (χ0) is 20.8. The summed E-state index contributed by atoms with van der Waals surface area (Å²) in [5.41, 5.74) is 2.11. The predicted molar refractivity (Wildman–Crippen MR) is 139 cm³/mol. The molecule has 2 saturated heterocycles. The van der Waals surface area contributed by atoms with E-state index in [1.165, 1.54) is 18.9 Å². The summed E-state index contributed by atoms with van der Waals surface area (Å²) >= 11 is 1.75. The van der Waals surface area contributed by atoms with Crippen LogP contribution in [0.4, 0.5) is 15.2 Å². The Hall–Kier alpha value is -1.62. The van der Waals surface area contributed by atoms with Crippen LogP contribution in [0.2, 0.25) is 0 Å². The minimum Gasteiger partial charge on any atom is -0.371 e. The summed E-state index contributed by atoms with van der Waals surface area (Å²) in [5.74, 6) is 0.666. The first-order valence-corrected chi connectivity index (χ1v) is 11.8. The van der Waals surface area contributed by atoms with Crippen LogP contribution in [0.15, 0.2) is 34.6 Å². The molecule has 31 heavy (non-hydrogen) atoms. The van der Waals surface area contributed by atoms with Crippen LogP contribution in [0.5, 0.6) is 0 Å². The average molecular weight is 559 g/mol. The van der Waals surface area contributed by atoms with Gasteiger partial charge in [0.25, 0.3) is 0 Å². The van der Waals surface area contributed by atoms with Gasteiger partial charge in [-0.2, -0.15) is 0 Å². The number of hydrogen-bond acceptors (Lipinski definition) is 5. The van der Waals surface area contributed by atoms with Gasteiger partial charge in [0.1, 0.15) is 5.82 Å². The Bertz CT molecular complexity index is 846. The van der Waals surface area contributed by atoms with Gasteiger partial charge in [0.2, 0.25) is 0 Å². The van der Waals surface area contributed by atoms with Gasteiger partial charge in [-0.25, -0.2) is 9.37 Å². The molecular weight excluding hydrogens is 526 g/mol. The van der Waals surface area contributed by atoms with E-state index < -0.39 is 0 Å². The smallest absolute Gasteiger partial charge is 0.191 e. The molecule has 4 rings (SSSR count). The third-order valence-electron chi connectivity index (χ3n) is 5.82. The van der Waals surface area contributed by atoms with Crippen LogP contribution in [-0.4, -0.2) is 56.8 Å². The second-order valence-electron chi connectivity index (χ2n) is 7.95. The van der Waals surface area contributed by atoms with E-state index in [4.69, 9.17) is 4.98 Å². The molecule has 2 aromatic rings. The lowest BCUT2D eigenvalue weighted by Gasteiger charge is -2.34. The number of nitrogens with one attached hydrogen (secondary N) is 2. The third-order valence-corrected chi connectivity index (χ3v) is 6.77. The molecule has 2 aliphatic rings. The predicted octanol–water partition coefficient (Wildman–Crippen LogP) is 3.88. The Labute approximate surface area is 205 Å². The van der Waals surface area contributed by atoms with E-state index in [0.717, 1.165) is 74.5 Å². The number of piperidine rings is 1. The molecule has 0 bridgehead atoms. The van der Waals surface area contributed by atoms with Crippen molar-refractivity contribution in [3.8, 4) is 0 Å². The second-order valence-corrected chi connectivity index (χ2v) is 8.79. The summed E-state index contributed by atoms with van der Waals surface area (Å²) in [4.78, 5) is 13.8. The maximum absolute atomic E-state index is 13.5. The third kappa shape index (κ3) is 6.68. The number of guanidine groups is 1. The van der Waals surface area contributed by atoms with E-state index in [1.54, 1.807) is 23.5 Å². The van der Waals surface area contributed by atoms with Gasteiger partial charge in [0.15, 0.2) is 11.1 Å². The summed E-state index contributed by atoms with van der Waals surface area (Å²) < 4.78 is 13.5. The van der Waals surface area contributed by atoms with E-state index in [9.17, 15) is 4.39 Å². The van der Waals surface area contributed by atoms with Crippen molar-refractivity contribution in [1.82, 2.24) is 15.6 Å². The van der Waals surface area contributed by atoms with Gasteiger partial charge >= 0.3 is 0 Å². The van der Waals surface area contributed by atoms with Gasteiger partial charge < -0.3 is 20.4 Å². The lowest BCUT2D eigenvalue weighted by atomic mass is 10.0. The number of anilines is 2. The summed E-state index contributed by atoms with van der Waals surface area (Å²) in [6.07, 6.45) is 5.45. The molecule has 9 heteroatoms. The minimum atomic E-state index is -0.176. The van der Waals surface area contributed by atoms with Crippen LogP contribution in [0.25, 0.3) is 0 Å². The number of thiazole rings is 1. The van der Waals surface area contributed by atoms with Crippen LogP contribution in [0.1, 0.15) is 31.4 Å². The van der Waals surface area contributed by atoms with E-state index in [0.29, 0.717) is 6.04 Å². The monoisotopic (exact) mass is 558 g/mol. The number of aromatic nitrogens is 1. The number of nitrogens with zero attached hydrogens (tertiary/aromatic N) is 4. The molecule has 1 aromatic heterocycles. The number of halogens is 2. The molecule has 0 saturated carbocycles. The molecule has 2 fully saturated rings. The van der Waals surface area contributed by atoms with Crippen LogP contribution < -0.4 is 20.4 Å².